The smallest absolute Gasteiger partial charge is 0.264 e. The predicted octanol–water partition coefficient (Wildman–Crippen LogP) is 3.30. The van der Waals surface area contributed by atoms with Crippen LogP contribution in [0.3, 0.4) is 0 Å². The molecule has 0 spiro atoms. The maximum atomic E-state index is 10.9. The largest absolute Gasteiger partial charge is 0.301 e. The highest BCUT2D eigenvalue weighted by molar-refractivity contribution is 7.98. The summed E-state index contributed by atoms with van der Waals surface area (Å²) in [5, 5.41) is 6.50. The van der Waals surface area contributed by atoms with Crippen molar-refractivity contribution in [3.63, 3.8) is 0 Å². The van der Waals surface area contributed by atoms with Gasteiger partial charge in [0.15, 0.2) is 0 Å². The van der Waals surface area contributed by atoms with Gasteiger partial charge in [-0.25, -0.2) is 0 Å². The van der Waals surface area contributed by atoms with E-state index in [1.807, 2.05) is 6.07 Å². The fourth-order valence-electron chi connectivity index (χ4n) is 1.20. The first-order valence-corrected chi connectivity index (χ1v) is 6.24. The molecule has 0 unspecified atom stereocenters. The number of hydrogen-bond donors (Lipinski definition) is 2. The van der Waals surface area contributed by atoms with Gasteiger partial charge in [-0.05, 0) is 18.2 Å². The van der Waals surface area contributed by atoms with Crippen LogP contribution in [0.4, 0.5) is 0 Å². The summed E-state index contributed by atoms with van der Waals surface area (Å²) in [5.74, 6) is 0.653. The van der Waals surface area contributed by atoms with E-state index in [-0.39, 0.29) is 5.56 Å². The maximum Gasteiger partial charge on any atom is 0.264 e. The highest BCUT2D eigenvalue weighted by atomic mass is 35.5. The molecule has 0 saturated heterocycles. The Morgan fingerprint density at radius 3 is 2.62 bits per heavy atom. The Hall–Kier alpha value is -0.840. The molecule has 0 aliphatic rings. The summed E-state index contributed by atoms with van der Waals surface area (Å²) in [6, 6.07) is 6.87. The van der Waals surface area contributed by atoms with Gasteiger partial charge >= 0.3 is 0 Å². The Kier molecular flexibility index (Phi) is 3.63. The summed E-state index contributed by atoms with van der Waals surface area (Å²) in [7, 11) is 0. The van der Waals surface area contributed by atoms with E-state index in [0.29, 0.717) is 15.8 Å². The molecule has 2 rings (SSSR count). The fraction of sp³-hybridized carbons (Fsp3) is 0.100. The minimum absolute atomic E-state index is 0.127. The predicted molar refractivity (Wildman–Crippen MR) is 67.4 cm³/mol. The van der Waals surface area contributed by atoms with Crippen molar-refractivity contribution in [3.05, 3.63) is 50.4 Å². The molecule has 1 heterocycles. The van der Waals surface area contributed by atoms with Crippen molar-refractivity contribution in [1.82, 2.24) is 10.2 Å². The first kappa shape index (κ1) is 11.6. The second-order valence-corrected chi connectivity index (χ2v) is 5.01. The minimum Gasteiger partial charge on any atom is -0.301 e. The molecule has 0 bridgehead atoms. The second kappa shape index (κ2) is 4.99. The van der Waals surface area contributed by atoms with Crippen LogP contribution in [0.5, 0.6) is 0 Å². The zero-order valence-corrected chi connectivity index (χ0v) is 10.4. The van der Waals surface area contributed by atoms with Crippen molar-refractivity contribution in [2.45, 2.75) is 10.6 Å². The van der Waals surface area contributed by atoms with Crippen LogP contribution in [-0.4, -0.2) is 10.2 Å². The van der Waals surface area contributed by atoms with Gasteiger partial charge in [-0.2, -0.15) is 0 Å². The number of benzene rings is 1. The van der Waals surface area contributed by atoms with E-state index in [9.17, 15) is 4.79 Å². The first-order valence-electron chi connectivity index (χ1n) is 4.49. The van der Waals surface area contributed by atoms with Crippen molar-refractivity contribution in [2.75, 3.05) is 0 Å². The molecule has 2 N–H and O–H groups in total. The van der Waals surface area contributed by atoms with Gasteiger partial charge in [0.05, 0.1) is 5.02 Å². The first-order chi connectivity index (χ1) is 7.65. The van der Waals surface area contributed by atoms with Gasteiger partial charge in [-0.15, -0.1) is 11.8 Å². The van der Waals surface area contributed by atoms with E-state index < -0.39 is 0 Å². The number of aromatic nitrogens is 2. The van der Waals surface area contributed by atoms with E-state index in [1.54, 1.807) is 23.9 Å². The third kappa shape index (κ3) is 2.84. The fourth-order valence-corrected chi connectivity index (χ4v) is 2.60. The summed E-state index contributed by atoms with van der Waals surface area (Å²) >= 11 is 13.3. The number of aromatic amines is 2. The van der Waals surface area contributed by atoms with E-state index in [2.05, 4.69) is 10.2 Å². The lowest BCUT2D eigenvalue weighted by atomic mass is 10.4. The minimum atomic E-state index is -0.127. The van der Waals surface area contributed by atoms with Gasteiger partial charge < -0.3 is 5.10 Å². The van der Waals surface area contributed by atoms with Crippen molar-refractivity contribution in [3.8, 4) is 0 Å². The Labute approximate surface area is 106 Å². The quantitative estimate of drug-likeness (QED) is 0.844. The lowest BCUT2D eigenvalue weighted by Gasteiger charge is -2.02. The van der Waals surface area contributed by atoms with Crippen LogP contribution in [0, 0.1) is 0 Å². The summed E-state index contributed by atoms with van der Waals surface area (Å²) < 4.78 is 0. The summed E-state index contributed by atoms with van der Waals surface area (Å²) in [6.07, 6.45) is 0. The molecule has 0 amide bonds. The molecule has 3 nitrogen and oxygen atoms in total. The molecule has 0 fully saturated rings. The van der Waals surface area contributed by atoms with Crippen LogP contribution in [0.1, 0.15) is 5.69 Å². The highest BCUT2D eigenvalue weighted by Gasteiger charge is 2.03. The van der Waals surface area contributed by atoms with Crippen molar-refractivity contribution < 1.29 is 0 Å². The monoisotopic (exact) mass is 274 g/mol. The van der Waals surface area contributed by atoms with Crippen LogP contribution in [-0.2, 0) is 5.75 Å². The van der Waals surface area contributed by atoms with E-state index in [1.165, 1.54) is 6.07 Å². The zero-order chi connectivity index (χ0) is 11.5. The summed E-state index contributed by atoms with van der Waals surface area (Å²) in [4.78, 5) is 11.8. The third-order valence-electron chi connectivity index (χ3n) is 1.93. The SMILES string of the molecule is O=c1cc(CSc2ccc(Cl)cc2Cl)[nH][nH]1. The number of halogens is 2. The number of nitrogens with one attached hydrogen (secondary N) is 2. The Bertz CT molecular complexity index is 550. The van der Waals surface area contributed by atoms with Crippen LogP contribution in [0.15, 0.2) is 34.0 Å². The number of rotatable bonds is 3. The maximum absolute atomic E-state index is 10.9. The molecular weight excluding hydrogens is 267 g/mol. The van der Waals surface area contributed by atoms with Gasteiger partial charge in [0, 0.05) is 27.4 Å². The third-order valence-corrected chi connectivity index (χ3v) is 3.71. The lowest BCUT2D eigenvalue weighted by Crippen LogP contribution is -1.93. The molecule has 16 heavy (non-hydrogen) atoms. The molecular formula is C10H8Cl2N2OS. The molecule has 0 saturated carbocycles. The van der Waals surface area contributed by atoms with Crippen molar-refractivity contribution >= 4 is 35.0 Å². The second-order valence-electron chi connectivity index (χ2n) is 3.15. The van der Waals surface area contributed by atoms with Crippen LogP contribution >= 0.6 is 35.0 Å². The van der Waals surface area contributed by atoms with Gasteiger partial charge in [0.1, 0.15) is 0 Å². The number of thioether (sulfide) groups is 1. The van der Waals surface area contributed by atoms with Gasteiger partial charge in [-0.3, -0.25) is 9.89 Å². The Balaban J connectivity index is 2.07. The molecule has 84 valence electrons. The molecule has 0 radical (unpaired) electrons. The summed E-state index contributed by atoms with van der Waals surface area (Å²) in [5.41, 5.74) is 0.707. The average Bonchev–Trinajstić information content (AvgIpc) is 2.63. The molecule has 1 aromatic heterocycles. The van der Waals surface area contributed by atoms with Gasteiger partial charge in [0.2, 0.25) is 0 Å². The molecule has 1 aromatic carbocycles. The highest BCUT2D eigenvalue weighted by Crippen LogP contribution is 2.31. The number of H-pyrrole nitrogens is 2. The average molecular weight is 275 g/mol. The van der Waals surface area contributed by atoms with Crippen molar-refractivity contribution in [2.24, 2.45) is 0 Å². The van der Waals surface area contributed by atoms with E-state index >= 15 is 0 Å². The molecule has 0 aliphatic heterocycles. The topological polar surface area (TPSA) is 48.6 Å². The van der Waals surface area contributed by atoms with Crippen LogP contribution in [0.25, 0.3) is 0 Å². The standard InChI is InChI=1S/C10H8Cl2N2OS/c11-6-1-2-9(8(12)3-6)16-5-7-4-10(15)14-13-7/h1-4H,5H2,(H2,13,14,15). The molecule has 0 aliphatic carbocycles. The molecule has 0 atom stereocenters. The number of hydrogen-bond acceptors (Lipinski definition) is 2. The summed E-state index contributed by atoms with van der Waals surface area (Å²) in [6.45, 7) is 0. The van der Waals surface area contributed by atoms with E-state index in [0.717, 1.165) is 10.6 Å². The van der Waals surface area contributed by atoms with Gasteiger partial charge in [-0.1, -0.05) is 23.2 Å². The molecule has 6 heteroatoms. The zero-order valence-electron chi connectivity index (χ0n) is 8.09. The Morgan fingerprint density at radius 2 is 2.00 bits per heavy atom. The van der Waals surface area contributed by atoms with Crippen LogP contribution in [0.2, 0.25) is 10.0 Å². The normalized spacial score (nSPS) is 10.6. The van der Waals surface area contributed by atoms with Crippen LogP contribution < -0.4 is 5.56 Å². The Morgan fingerprint density at radius 1 is 1.19 bits per heavy atom. The van der Waals surface area contributed by atoms with E-state index in [4.69, 9.17) is 23.2 Å². The van der Waals surface area contributed by atoms with Crippen molar-refractivity contribution in [1.29, 1.82) is 0 Å². The lowest BCUT2D eigenvalue weighted by molar-refractivity contribution is 1.02. The van der Waals surface area contributed by atoms with Gasteiger partial charge in [0.25, 0.3) is 5.56 Å². The molecule has 2 aromatic rings.